The van der Waals surface area contributed by atoms with Crippen LogP contribution in [0.1, 0.15) is 5.69 Å². The zero-order valence-electron chi connectivity index (χ0n) is 8.17. The van der Waals surface area contributed by atoms with Crippen molar-refractivity contribution >= 4 is 34.2 Å². The van der Waals surface area contributed by atoms with Gasteiger partial charge in [0.15, 0.2) is 0 Å². The van der Waals surface area contributed by atoms with E-state index in [0.717, 1.165) is 16.7 Å². The number of hydrogen-bond acceptors (Lipinski definition) is 4. The zero-order valence-corrected chi connectivity index (χ0v) is 9.74. The molecule has 0 atom stereocenters. The van der Waals surface area contributed by atoms with E-state index in [1.54, 1.807) is 6.33 Å². The summed E-state index contributed by atoms with van der Waals surface area (Å²) in [6, 6.07) is 7.96. The molecule has 3 rings (SSSR count). The van der Waals surface area contributed by atoms with Gasteiger partial charge in [0.2, 0.25) is 0 Å². The highest BCUT2D eigenvalue weighted by atomic mass is 35.5. The van der Waals surface area contributed by atoms with Gasteiger partial charge >= 0.3 is 0 Å². The Morgan fingerprint density at radius 3 is 3.00 bits per heavy atom. The molecule has 0 aliphatic carbocycles. The zero-order chi connectivity index (χ0) is 11.0. The van der Waals surface area contributed by atoms with Crippen molar-refractivity contribution in [1.29, 1.82) is 0 Å². The summed E-state index contributed by atoms with van der Waals surface area (Å²) in [6.45, 7) is 0.607. The van der Waals surface area contributed by atoms with Crippen LogP contribution in [0, 0.1) is 0 Å². The van der Waals surface area contributed by atoms with Crippen molar-refractivity contribution in [1.82, 2.24) is 19.1 Å². The summed E-state index contributed by atoms with van der Waals surface area (Å²) in [4.78, 5) is 4.30. The number of rotatable bonds is 2. The number of hydrogen-bond donors (Lipinski definition) is 0. The molecule has 0 aliphatic heterocycles. The minimum Gasteiger partial charge on any atom is -0.324 e. The van der Waals surface area contributed by atoms with Gasteiger partial charge in [-0.05, 0) is 12.1 Å². The van der Waals surface area contributed by atoms with Crippen LogP contribution in [0.5, 0.6) is 0 Å². The molecule has 0 aliphatic rings. The molecule has 80 valence electrons. The lowest BCUT2D eigenvalue weighted by Crippen LogP contribution is -1.98. The van der Waals surface area contributed by atoms with Crippen molar-refractivity contribution in [2.45, 2.75) is 6.54 Å². The maximum atomic E-state index is 5.97. The average Bonchev–Trinajstić information content (AvgIpc) is 2.88. The summed E-state index contributed by atoms with van der Waals surface area (Å²) in [7, 11) is 0. The number of benzene rings is 1. The van der Waals surface area contributed by atoms with Crippen LogP contribution >= 0.6 is 23.1 Å². The largest absolute Gasteiger partial charge is 0.324 e. The van der Waals surface area contributed by atoms with Crippen LogP contribution in [-0.2, 0) is 6.54 Å². The first-order chi connectivity index (χ1) is 7.84. The van der Waals surface area contributed by atoms with Crippen molar-refractivity contribution in [2.75, 3.05) is 0 Å². The lowest BCUT2D eigenvalue weighted by Gasteiger charge is -2.00. The Hall–Kier alpha value is -1.46. The molecule has 4 nitrogen and oxygen atoms in total. The van der Waals surface area contributed by atoms with Gasteiger partial charge in [-0.1, -0.05) is 28.2 Å². The highest BCUT2D eigenvalue weighted by molar-refractivity contribution is 7.10. The Balaban J connectivity index is 2.04. The summed E-state index contributed by atoms with van der Waals surface area (Å²) in [5.41, 5.74) is 2.84. The van der Waals surface area contributed by atoms with E-state index in [1.165, 1.54) is 11.5 Å². The first-order valence-corrected chi connectivity index (χ1v) is 5.86. The van der Waals surface area contributed by atoms with Crippen molar-refractivity contribution in [3.63, 3.8) is 0 Å². The molecule has 2 aromatic heterocycles. The van der Waals surface area contributed by atoms with Crippen LogP contribution in [0.25, 0.3) is 11.0 Å². The van der Waals surface area contributed by atoms with E-state index in [9.17, 15) is 0 Å². The summed E-state index contributed by atoms with van der Waals surface area (Å²) >= 11 is 7.17. The molecule has 0 saturated carbocycles. The minimum absolute atomic E-state index is 0.607. The lowest BCUT2D eigenvalue weighted by molar-refractivity contribution is 0.791. The third-order valence-electron chi connectivity index (χ3n) is 2.36. The van der Waals surface area contributed by atoms with Crippen LogP contribution in [0.15, 0.2) is 30.6 Å². The van der Waals surface area contributed by atoms with Crippen molar-refractivity contribution < 1.29 is 0 Å². The number of aromatic nitrogens is 4. The van der Waals surface area contributed by atoms with E-state index in [4.69, 9.17) is 11.6 Å². The quantitative estimate of drug-likeness (QED) is 0.702. The SMILES string of the molecule is Clc1snnc1Cn1cnc2ccccc21. The third-order valence-corrected chi connectivity index (χ3v) is 3.34. The fourth-order valence-corrected chi connectivity index (χ4v) is 2.20. The van der Waals surface area contributed by atoms with Gasteiger partial charge in [-0.15, -0.1) is 5.10 Å². The van der Waals surface area contributed by atoms with E-state index in [0.29, 0.717) is 10.9 Å². The molecule has 3 aromatic rings. The van der Waals surface area contributed by atoms with Crippen LogP contribution in [-0.4, -0.2) is 19.1 Å². The molecule has 0 N–H and O–H groups in total. The van der Waals surface area contributed by atoms with Gasteiger partial charge in [-0.25, -0.2) is 4.98 Å². The molecule has 0 fully saturated rings. The van der Waals surface area contributed by atoms with Crippen molar-refractivity contribution in [2.24, 2.45) is 0 Å². The van der Waals surface area contributed by atoms with E-state index in [-0.39, 0.29) is 0 Å². The molecule has 0 unspecified atom stereocenters. The molecule has 0 amide bonds. The Labute approximate surface area is 101 Å². The monoisotopic (exact) mass is 250 g/mol. The van der Waals surface area contributed by atoms with Gasteiger partial charge in [0.25, 0.3) is 0 Å². The molecule has 1 aromatic carbocycles. The second kappa shape index (κ2) is 3.84. The van der Waals surface area contributed by atoms with Crippen LogP contribution in [0.4, 0.5) is 0 Å². The fourth-order valence-electron chi connectivity index (χ4n) is 1.59. The Morgan fingerprint density at radius 1 is 1.31 bits per heavy atom. The van der Waals surface area contributed by atoms with Crippen LogP contribution in [0.3, 0.4) is 0 Å². The summed E-state index contributed by atoms with van der Waals surface area (Å²) in [5, 5.41) is 3.99. The average molecular weight is 251 g/mol. The Morgan fingerprint density at radius 2 is 2.19 bits per heavy atom. The maximum Gasteiger partial charge on any atom is 0.139 e. The number of imidazole rings is 1. The van der Waals surface area contributed by atoms with Gasteiger partial charge in [0, 0.05) is 11.5 Å². The Kier molecular flexibility index (Phi) is 2.34. The van der Waals surface area contributed by atoms with Crippen molar-refractivity contribution in [3.05, 3.63) is 40.6 Å². The first-order valence-electron chi connectivity index (χ1n) is 4.71. The van der Waals surface area contributed by atoms with Crippen LogP contribution in [0.2, 0.25) is 4.34 Å². The second-order valence-corrected chi connectivity index (χ2v) is 4.71. The standard InChI is InChI=1S/C10H7ClN4S/c11-10-8(13-14-16-10)5-15-6-12-7-3-1-2-4-9(7)15/h1-4,6H,5H2. The van der Waals surface area contributed by atoms with Gasteiger partial charge in [0.05, 0.1) is 23.9 Å². The summed E-state index contributed by atoms with van der Waals surface area (Å²) in [5.74, 6) is 0. The summed E-state index contributed by atoms with van der Waals surface area (Å²) < 4.78 is 6.46. The van der Waals surface area contributed by atoms with E-state index < -0.39 is 0 Å². The summed E-state index contributed by atoms with van der Waals surface area (Å²) in [6.07, 6.45) is 1.79. The highest BCUT2D eigenvalue weighted by Gasteiger charge is 2.08. The van der Waals surface area contributed by atoms with E-state index in [1.807, 2.05) is 28.8 Å². The molecular formula is C10H7ClN4S. The topological polar surface area (TPSA) is 43.6 Å². The Bertz CT molecular complexity index is 630. The first kappa shape index (κ1) is 9.74. The molecule has 16 heavy (non-hydrogen) atoms. The molecule has 2 heterocycles. The number of para-hydroxylation sites is 2. The van der Waals surface area contributed by atoms with Crippen molar-refractivity contribution in [3.8, 4) is 0 Å². The number of nitrogens with zero attached hydrogens (tertiary/aromatic N) is 4. The second-order valence-electron chi connectivity index (χ2n) is 3.35. The van der Waals surface area contributed by atoms with Gasteiger partial charge in [-0.3, -0.25) is 0 Å². The predicted molar refractivity (Wildman–Crippen MR) is 63.8 cm³/mol. The number of fused-ring (bicyclic) bond motifs is 1. The molecule has 6 heteroatoms. The minimum atomic E-state index is 0.607. The molecular weight excluding hydrogens is 244 g/mol. The van der Waals surface area contributed by atoms with Crippen LogP contribution < -0.4 is 0 Å². The highest BCUT2D eigenvalue weighted by Crippen LogP contribution is 2.20. The molecule has 0 radical (unpaired) electrons. The molecule has 0 spiro atoms. The van der Waals surface area contributed by atoms with E-state index in [2.05, 4.69) is 14.6 Å². The van der Waals surface area contributed by atoms with Gasteiger partial charge < -0.3 is 4.57 Å². The fraction of sp³-hybridized carbons (Fsp3) is 0.100. The normalized spacial score (nSPS) is 11.1. The predicted octanol–water partition coefficient (Wildman–Crippen LogP) is 2.59. The van der Waals surface area contributed by atoms with E-state index >= 15 is 0 Å². The maximum absolute atomic E-state index is 5.97. The van der Waals surface area contributed by atoms with Gasteiger partial charge in [-0.2, -0.15) is 0 Å². The third kappa shape index (κ3) is 1.58. The smallest absolute Gasteiger partial charge is 0.139 e. The molecule has 0 saturated heterocycles. The lowest BCUT2D eigenvalue weighted by atomic mass is 10.3. The molecule has 0 bridgehead atoms. The van der Waals surface area contributed by atoms with Gasteiger partial charge in [0.1, 0.15) is 10.0 Å². The number of halogens is 1.